The highest BCUT2D eigenvalue weighted by Gasteiger charge is 2.30. The smallest absolute Gasteiger partial charge is 0.129 e. The third-order valence-electron chi connectivity index (χ3n) is 6.39. The van der Waals surface area contributed by atoms with Gasteiger partial charge >= 0.3 is 0 Å². The Morgan fingerprint density at radius 2 is 1.78 bits per heavy atom. The summed E-state index contributed by atoms with van der Waals surface area (Å²) in [5.74, 6) is 2.44. The molecular weight excluding hydrogens is 338 g/mol. The van der Waals surface area contributed by atoms with Gasteiger partial charge in [0.25, 0.3) is 0 Å². The summed E-state index contributed by atoms with van der Waals surface area (Å²) in [5.41, 5.74) is 9.58. The normalized spacial score (nSPS) is 26.1. The molecule has 2 saturated carbocycles. The number of hydrogen-bond donors (Lipinski definition) is 1. The van der Waals surface area contributed by atoms with Gasteiger partial charge in [0.2, 0.25) is 0 Å². The summed E-state index contributed by atoms with van der Waals surface area (Å²) in [4.78, 5) is 9.49. The molecule has 1 aliphatic heterocycles. The van der Waals surface area contributed by atoms with Gasteiger partial charge in [0.1, 0.15) is 5.82 Å². The van der Waals surface area contributed by atoms with Crippen LogP contribution in [0.2, 0.25) is 0 Å². The van der Waals surface area contributed by atoms with E-state index in [1.165, 1.54) is 36.9 Å². The van der Waals surface area contributed by atoms with Gasteiger partial charge in [-0.05, 0) is 62.8 Å². The Kier molecular flexibility index (Phi) is 4.70. The maximum atomic E-state index is 6.05. The molecule has 0 spiro atoms. The van der Waals surface area contributed by atoms with E-state index in [-0.39, 0.29) is 0 Å². The van der Waals surface area contributed by atoms with Crippen LogP contribution in [-0.2, 0) is 17.6 Å². The molecule has 0 aromatic carbocycles. The van der Waals surface area contributed by atoms with Crippen LogP contribution in [0.1, 0.15) is 56.1 Å². The van der Waals surface area contributed by atoms with Gasteiger partial charge in [-0.1, -0.05) is 0 Å². The summed E-state index contributed by atoms with van der Waals surface area (Å²) >= 11 is 0. The zero-order valence-corrected chi connectivity index (χ0v) is 15.9. The molecule has 2 N–H and O–H groups in total. The second kappa shape index (κ2) is 7.32. The predicted octanol–water partition coefficient (Wildman–Crippen LogP) is 2.92. The van der Waals surface area contributed by atoms with Crippen LogP contribution in [-0.4, -0.2) is 39.0 Å². The van der Waals surface area contributed by atoms with E-state index in [0.717, 1.165) is 56.3 Å². The van der Waals surface area contributed by atoms with Crippen molar-refractivity contribution < 1.29 is 4.74 Å². The lowest BCUT2D eigenvalue weighted by atomic mass is 9.84. The Morgan fingerprint density at radius 1 is 1.04 bits per heavy atom. The van der Waals surface area contributed by atoms with Crippen molar-refractivity contribution in [3.8, 4) is 11.3 Å². The molecule has 0 unspecified atom stereocenters. The fourth-order valence-electron chi connectivity index (χ4n) is 4.38. The molecule has 3 heterocycles. The maximum Gasteiger partial charge on any atom is 0.129 e. The van der Waals surface area contributed by atoms with Gasteiger partial charge in [0.15, 0.2) is 0 Å². The van der Waals surface area contributed by atoms with Crippen LogP contribution in [0.15, 0.2) is 18.5 Å². The molecule has 144 valence electrons. The molecule has 5 rings (SSSR count). The summed E-state index contributed by atoms with van der Waals surface area (Å²) < 4.78 is 7.59. The first-order chi connectivity index (χ1) is 13.3. The van der Waals surface area contributed by atoms with Gasteiger partial charge in [-0.3, -0.25) is 4.68 Å². The van der Waals surface area contributed by atoms with Gasteiger partial charge in [0.05, 0.1) is 31.1 Å². The Balaban J connectivity index is 1.38. The predicted molar refractivity (Wildman–Crippen MR) is 103 cm³/mol. The Hall–Kier alpha value is -1.79. The van der Waals surface area contributed by atoms with Gasteiger partial charge in [-0.25, -0.2) is 9.97 Å². The molecule has 3 aliphatic rings. The number of ether oxygens (including phenoxy) is 1. The van der Waals surface area contributed by atoms with E-state index in [1.807, 2.05) is 18.5 Å². The fraction of sp³-hybridized carbons (Fsp3) is 0.667. The van der Waals surface area contributed by atoms with E-state index >= 15 is 0 Å². The molecular formula is C21H29N5O. The number of hydrogen-bond acceptors (Lipinski definition) is 5. The van der Waals surface area contributed by atoms with Crippen molar-refractivity contribution in [2.75, 3.05) is 13.2 Å². The minimum Gasteiger partial charge on any atom is -0.377 e. The van der Waals surface area contributed by atoms with Gasteiger partial charge < -0.3 is 10.5 Å². The summed E-state index contributed by atoms with van der Waals surface area (Å²) in [5, 5.41) is 4.71. The fourth-order valence-corrected chi connectivity index (χ4v) is 4.38. The topological polar surface area (TPSA) is 78.8 Å². The number of nitrogens with zero attached hydrogens (tertiary/aromatic N) is 4. The highest BCUT2D eigenvalue weighted by atomic mass is 16.5. The summed E-state index contributed by atoms with van der Waals surface area (Å²) in [6.07, 6.45) is 13.3. The van der Waals surface area contributed by atoms with Crippen molar-refractivity contribution >= 4 is 0 Å². The van der Waals surface area contributed by atoms with Crippen LogP contribution in [0.5, 0.6) is 0 Å². The summed E-state index contributed by atoms with van der Waals surface area (Å²) in [6.45, 7) is 1.55. The first-order valence-electron chi connectivity index (χ1n) is 10.5. The summed E-state index contributed by atoms with van der Waals surface area (Å²) in [7, 11) is 0. The zero-order valence-electron chi connectivity index (χ0n) is 15.9. The lowest BCUT2D eigenvalue weighted by molar-refractivity contribution is -0.0298. The molecule has 2 aromatic rings. The third kappa shape index (κ3) is 3.78. The van der Waals surface area contributed by atoms with E-state index in [1.54, 1.807) is 0 Å². The molecule has 6 heteroatoms. The second-order valence-corrected chi connectivity index (χ2v) is 8.63. The first kappa shape index (κ1) is 17.3. The van der Waals surface area contributed by atoms with Crippen LogP contribution in [0.3, 0.4) is 0 Å². The van der Waals surface area contributed by atoms with Crippen LogP contribution in [0, 0.1) is 11.8 Å². The van der Waals surface area contributed by atoms with Crippen molar-refractivity contribution in [1.82, 2.24) is 19.7 Å². The molecule has 2 aliphatic carbocycles. The molecule has 0 amide bonds. The summed E-state index contributed by atoms with van der Waals surface area (Å²) in [6, 6.07) is 2.81. The molecule has 27 heavy (non-hydrogen) atoms. The molecule has 3 fully saturated rings. The van der Waals surface area contributed by atoms with E-state index in [9.17, 15) is 0 Å². The Labute approximate surface area is 160 Å². The molecule has 0 radical (unpaired) electrons. The van der Waals surface area contributed by atoms with Crippen molar-refractivity contribution in [3.05, 3.63) is 30.0 Å². The van der Waals surface area contributed by atoms with Crippen molar-refractivity contribution in [2.45, 2.75) is 63.5 Å². The number of nitrogens with two attached hydrogens (primary N) is 1. The van der Waals surface area contributed by atoms with Gasteiger partial charge in [-0.15, -0.1) is 0 Å². The Morgan fingerprint density at radius 3 is 2.48 bits per heavy atom. The van der Waals surface area contributed by atoms with Crippen molar-refractivity contribution in [2.24, 2.45) is 17.6 Å². The highest BCUT2D eigenvalue weighted by molar-refractivity contribution is 5.61. The lowest BCUT2D eigenvalue weighted by Crippen LogP contribution is -2.32. The molecule has 0 atom stereocenters. The third-order valence-corrected chi connectivity index (χ3v) is 6.39. The van der Waals surface area contributed by atoms with Gasteiger partial charge in [0, 0.05) is 29.9 Å². The number of aromatic nitrogens is 4. The molecule has 2 aromatic heterocycles. The average molecular weight is 367 g/mol. The van der Waals surface area contributed by atoms with Crippen molar-refractivity contribution in [3.63, 3.8) is 0 Å². The molecule has 0 bridgehead atoms. The van der Waals surface area contributed by atoms with Crippen LogP contribution in [0.4, 0.5) is 0 Å². The largest absolute Gasteiger partial charge is 0.377 e. The SMILES string of the molecule is NC1CCC(Cc2nccc(-c3cnn(C4COC4)c3CC3CC3)n2)CC1. The quantitative estimate of drug-likeness (QED) is 0.849. The van der Waals surface area contributed by atoms with Crippen molar-refractivity contribution in [1.29, 1.82) is 0 Å². The zero-order chi connectivity index (χ0) is 18.2. The number of rotatable bonds is 6. The van der Waals surface area contributed by atoms with Gasteiger partial charge in [-0.2, -0.15) is 5.10 Å². The van der Waals surface area contributed by atoms with Crippen LogP contribution >= 0.6 is 0 Å². The maximum absolute atomic E-state index is 6.05. The second-order valence-electron chi connectivity index (χ2n) is 8.63. The minimum atomic E-state index is 0.389. The van der Waals surface area contributed by atoms with E-state index in [4.69, 9.17) is 20.6 Å². The average Bonchev–Trinajstić information content (AvgIpc) is 3.36. The monoisotopic (exact) mass is 367 g/mol. The minimum absolute atomic E-state index is 0.389. The van der Waals surface area contributed by atoms with E-state index in [0.29, 0.717) is 18.0 Å². The first-order valence-corrected chi connectivity index (χ1v) is 10.5. The molecule has 1 saturated heterocycles. The van der Waals surface area contributed by atoms with E-state index in [2.05, 4.69) is 9.67 Å². The van der Waals surface area contributed by atoms with E-state index < -0.39 is 0 Å². The van der Waals surface area contributed by atoms with Crippen LogP contribution in [0.25, 0.3) is 11.3 Å². The standard InChI is InChI=1S/C21H29N5O/c22-16-5-3-15(4-6-16)10-21-23-8-7-19(25-21)18-11-24-26(17-12-27-13-17)20(18)9-14-1-2-14/h7-8,11,14-17H,1-6,9-10,12-13,22H2. The molecule has 6 nitrogen and oxygen atoms in total. The Bertz CT molecular complexity index is 788. The highest BCUT2D eigenvalue weighted by Crippen LogP contribution is 2.37. The van der Waals surface area contributed by atoms with Crippen LogP contribution < -0.4 is 5.73 Å². The lowest BCUT2D eigenvalue weighted by Gasteiger charge is -2.28.